The number of aryl methyl sites for hydroxylation is 2. The number of carbonyl (C=O) groups excluding carboxylic acids is 1. The Kier molecular flexibility index (Phi) is 4.32. The van der Waals surface area contributed by atoms with Crippen LogP contribution in [0.1, 0.15) is 28.3 Å². The lowest BCUT2D eigenvalue weighted by atomic mass is 10.1. The molecule has 1 fully saturated rings. The Morgan fingerprint density at radius 2 is 1.92 bits per heavy atom. The molecule has 3 heterocycles. The van der Waals surface area contributed by atoms with Crippen molar-refractivity contribution in [3.63, 3.8) is 0 Å². The summed E-state index contributed by atoms with van der Waals surface area (Å²) in [6, 6.07) is 8.82. The van der Waals surface area contributed by atoms with Crippen molar-refractivity contribution < 1.29 is 13.2 Å². The summed E-state index contributed by atoms with van der Waals surface area (Å²) < 4.78 is 30.1. The molecule has 0 radical (unpaired) electrons. The van der Waals surface area contributed by atoms with Crippen LogP contribution in [0.25, 0.3) is 0 Å². The van der Waals surface area contributed by atoms with E-state index < -0.39 is 15.3 Å². The maximum absolute atomic E-state index is 12.6. The van der Waals surface area contributed by atoms with Crippen molar-refractivity contribution in [3.05, 3.63) is 53.6 Å². The first kappa shape index (κ1) is 17.2. The van der Waals surface area contributed by atoms with Gasteiger partial charge in [-0.3, -0.25) is 4.79 Å². The molecule has 1 aromatic heterocycles. The number of fused-ring (bicyclic) bond motifs is 1. The van der Waals surface area contributed by atoms with Crippen LogP contribution in [0.3, 0.4) is 0 Å². The third-order valence-electron chi connectivity index (χ3n) is 5.04. The number of sulfonamides is 1. The molecular formula is C18H22N4O3S. The number of nitrogens with one attached hydrogen (secondary N) is 1. The smallest absolute Gasteiger partial charge is 0.253 e. The molecule has 2 aliphatic rings. The van der Waals surface area contributed by atoms with Gasteiger partial charge in [-0.1, -0.05) is 18.2 Å². The summed E-state index contributed by atoms with van der Waals surface area (Å²) in [5.74, 6) is 0.898. The van der Waals surface area contributed by atoms with Gasteiger partial charge in [0.1, 0.15) is 11.1 Å². The Bertz CT molecular complexity index is 917. The van der Waals surface area contributed by atoms with Crippen LogP contribution in [-0.4, -0.2) is 53.2 Å². The number of nitrogens with zero attached hydrogens (tertiary/aromatic N) is 3. The van der Waals surface area contributed by atoms with Crippen LogP contribution < -0.4 is 4.72 Å². The highest BCUT2D eigenvalue weighted by Crippen LogP contribution is 2.21. The summed E-state index contributed by atoms with van der Waals surface area (Å²) >= 11 is 0. The lowest BCUT2D eigenvalue weighted by Crippen LogP contribution is -2.60. The summed E-state index contributed by atoms with van der Waals surface area (Å²) in [6.45, 7) is 3.03. The highest BCUT2D eigenvalue weighted by molar-refractivity contribution is 7.90. The third kappa shape index (κ3) is 3.26. The lowest BCUT2D eigenvalue weighted by molar-refractivity contribution is 0.0658. The molecule has 1 saturated heterocycles. The second kappa shape index (κ2) is 6.51. The predicted octanol–water partition coefficient (Wildman–Crippen LogP) is 0.950. The molecule has 0 saturated carbocycles. The van der Waals surface area contributed by atoms with E-state index in [1.165, 1.54) is 0 Å². The number of imidazole rings is 1. The number of benzene rings is 1. The van der Waals surface area contributed by atoms with Gasteiger partial charge in [-0.05, 0) is 25.5 Å². The largest absolute Gasteiger partial charge is 0.336 e. The van der Waals surface area contributed by atoms with Crippen LogP contribution in [0.15, 0.2) is 36.5 Å². The van der Waals surface area contributed by atoms with E-state index in [1.54, 1.807) is 29.2 Å². The molecule has 8 heteroatoms. The average Bonchev–Trinajstić information content (AvgIpc) is 2.92. The fraction of sp³-hybridized carbons (Fsp3) is 0.444. The van der Waals surface area contributed by atoms with E-state index in [2.05, 4.69) is 9.71 Å². The maximum Gasteiger partial charge on any atom is 0.253 e. The van der Waals surface area contributed by atoms with Crippen molar-refractivity contribution in [1.82, 2.24) is 19.2 Å². The fourth-order valence-electron chi connectivity index (χ4n) is 3.57. The van der Waals surface area contributed by atoms with Gasteiger partial charge in [-0.25, -0.2) is 18.1 Å². The SMILES string of the molecule is Cc1cn2c(n1)CC[C@@H](NS(=O)(=O)C1CN(C(=O)c3ccccc3)C1)C2. The van der Waals surface area contributed by atoms with Crippen molar-refractivity contribution in [2.24, 2.45) is 0 Å². The van der Waals surface area contributed by atoms with Gasteiger partial charge in [-0.15, -0.1) is 0 Å². The molecule has 7 nitrogen and oxygen atoms in total. The summed E-state index contributed by atoms with van der Waals surface area (Å²) in [4.78, 5) is 18.4. The quantitative estimate of drug-likeness (QED) is 0.864. The van der Waals surface area contributed by atoms with Crippen molar-refractivity contribution in [1.29, 1.82) is 0 Å². The first-order valence-corrected chi connectivity index (χ1v) is 10.3. The minimum atomic E-state index is -3.45. The van der Waals surface area contributed by atoms with Gasteiger partial charge >= 0.3 is 0 Å². The summed E-state index contributed by atoms with van der Waals surface area (Å²) in [5, 5.41) is -0.541. The summed E-state index contributed by atoms with van der Waals surface area (Å²) in [7, 11) is -3.45. The number of rotatable bonds is 4. The molecule has 138 valence electrons. The Morgan fingerprint density at radius 3 is 2.65 bits per heavy atom. The monoisotopic (exact) mass is 374 g/mol. The zero-order valence-corrected chi connectivity index (χ0v) is 15.4. The van der Waals surface area contributed by atoms with Crippen LogP contribution >= 0.6 is 0 Å². The first-order valence-electron chi connectivity index (χ1n) is 8.80. The molecule has 0 aliphatic carbocycles. The minimum Gasteiger partial charge on any atom is -0.336 e. The molecule has 0 bridgehead atoms. The fourth-order valence-corrected chi connectivity index (χ4v) is 5.18. The van der Waals surface area contributed by atoms with E-state index in [1.807, 2.05) is 23.8 Å². The van der Waals surface area contributed by atoms with E-state index in [4.69, 9.17) is 0 Å². The van der Waals surface area contributed by atoms with Crippen LogP contribution in [0.4, 0.5) is 0 Å². The van der Waals surface area contributed by atoms with Gasteiger partial charge < -0.3 is 9.47 Å². The van der Waals surface area contributed by atoms with Crippen LogP contribution in [0.2, 0.25) is 0 Å². The van der Waals surface area contributed by atoms with Crippen molar-refractivity contribution in [2.45, 2.75) is 37.6 Å². The van der Waals surface area contributed by atoms with Gasteiger partial charge in [0.15, 0.2) is 0 Å². The Morgan fingerprint density at radius 1 is 1.19 bits per heavy atom. The van der Waals surface area contributed by atoms with E-state index in [9.17, 15) is 13.2 Å². The standard InChI is InChI=1S/C18H22N4O3S/c1-13-9-21-10-15(7-8-17(21)19-13)20-26(24,25)16-11-22(12-16)18(23)14-5-3-2-4-6-14/h2-6,9,15-16,20H,7-8,10-12H2,1H3/t15-/m1/s1. The van der Waals surface area contributed by atoms with Gasteiger partial charge in [0.25, 0.3) is 5.91 Å². The van der Waals surface area contributed by atoms with Gasteiger partial charge in [0.2, 0.25) is 10.0 Å². The molecule has 1 atom stereocenters. The molecule has 2 aromatic rings. The minimum absolute atomic E-state index is 0.117. The Balaban J connectivity index is 1.35. The number of hydrogen-bond donors (Lipinski definition) is 1. The highest BCUT2D eigenvalue weighted by atomic mass is 32.2. The Labute approximate surface area is 153 Å². The molecule has 2 aliphatic heterocycles. The molecular weight excluding hydrogens is 352 g/mol. The van der Waals surface area contributed by atoms with Crippen LogP contribution in [-0.2, 0) is 23.0 Å². The predicted molar refractivity (Wildman–Crippen MR) is 97.3 cm³/mol. The molecule has 1 amide bonds. The molecule has 26 heavy (non-hydrogen) atoms. The van der Waals surface area contributed by atoms with Gasteiger partial charge in [0, 0.05) is 43.9 Å². The maximum atomic E-state index is 12.6. The topological polar surface area (TPSA) is 84.3 Å². The third-order valence-corrected chi connectivity index (χ3v) is 6.88. The average molecular weight is 374 g/mol. The number of likely N-dealkylation sites (tertiary alicyclic amines) is 1. The van der Waals surface area contributed by atoms with Crippen molar-refractivity contribution in [2.75, 3.05) is 13.1 Å². The van der Waals surface area contributed by atoms with Crippen LogP contribution in [0.5, 0.6) is 0 Å². The van der Waals surface area contributed by atoms with E-state index in [-0.39, 0.29) is 25.0 Å². The van der Waals surface area contributed by atoms with Gasteiger partial charge in [-0.2, -0.15) is 0 Å². The lowest BCUT2D eigenvalue weighted by Gasteiger charge is -2.39. The number of aromatic nitrogens is 2. The molecule has 1 aromatic carbocycles. The van der Waals surface area contributed by atoms with E-state index in [0.29, 0.717) is 12.1 Å². The second-order valence-corrected chi connectivity index (χ2v) is 9.04. The van der Waals surface area contributed by atoms with E-state index >= 15 is 0 Å². The zero-order chi connectivity index (χ0) is 18.3. The number of amides is 1. The Hall–Kier alpha value is -2.19. The highest BCUT2D eigenvalue weighted by Gasteiger charge is 2.41. The molecule has 0 unspecified atom stereocenters. The normalized spacial score (nSPS) is 20.5. The van der Waals surface area contributed by atoms with E-state index in [0.717, 1.165) is 24.4 Å². The second-order valence-electron chi connectivity index (χ2n) is 7.05. The van der Waals surface area contributed by atoms with Gasteiger partial charge in [0.05, 0.1) is 5.69 Å². The zero-order valence-electron chi connectivity index (χ0n) is 14.6. The molecule has 4 rings (SSSR count). The van der Waals surface area contributed by atoms with Crippen LogP contribution in [0, 0.1) is 6.92 Å². The molecule has 0 spiro atoms. The first-order chi connectivity index (χ1) is 12.4. The summed E-state index contributed by atoms with van der Waals surface area (Å²) in [6.07, 6.45) is 3.47. The number of carbonyl (C=O) groups is 1. The number of hydrogen-bond acceptors (Lipinski definition) is 4. The molecule has 1 N–H and O–H groups in total. The summed E-state index contributed by atoms with van der Waals surface area (Å²) in [5.41, 5.74) is 1.55. The van der Waals surface area contributed by atoms with Crippen molar-refractivity contribution >= 4 is 15.9 Å². The van der Waals surface area contributed by atoms with Crippen molar-refractivity contribution in [3.8, 4) is 0 Å².